The zero-order valence-electron chi connectivity index (χ0n) is 12.4. The number of hydrogen-bond acceptors (Lipinski definition) is 0. The molecule has 4 aromatic rings. The van der Waals surface area contributed by atoms with Gasteiger partial charge in [-0.2, -0.15) is 0 Å². The van der Waals surface area contributed by atoms with Crippen LogP contribution in [0, 0.1) is 11.8 Å². The molecule has 0 spiro atoms. The van der Waals surface area contributed by atoms with Crippen LogP contribution < -0.4 is 0 Å². The van der Waals surface area contributed by atoms with Crippen molar-refractivity contribution in [1.82, 2.24) is 0 Å². The highest BCUT2D eigenvalue weighted by Gasteiger charge is 2.02. The maximum atomic E-state index is 3.63. The van der Waals surface area contributed by atoms with Gasteiger partial charge < -0.3 is 0 Å². The van der Waals surface area contributed by atoms with E-state index in [4.69, 9.17) is 0 Å². The number of fused-ring (bicyclic) bond motifs is 2. The molecule has 0 saturated heterocycles. The highest BCUT2D eigenvalue weighted by molar-refractivity contribution is 9.10. The molecule has 0 N–H and O–H groups in total. The van der Waals surface area contributed by atoms with Crippen molar-refractivity contribution in [3.63, 3.8) is 0 Å². The molecule has 0 heterocycles. The average molecular weight is 357 g/mol. The summed E-state index contributed by atoms with van der Waals surface area (Å²) >= 11 is 3.63. The Morgan fingerprint density at radius 2 is 1.30 bits per heavy atom. The predicted molar refractivity (Wildman–Crippen MR) is 102 cm³/mol. The first kappa shape index (κ1) is 14.1. The van der Waals surface area contributed by atoms with E-state index in [9.17, 15) is 0 Å². The van der Waals surface area contributed by atoms with E-state index >= 15 is 0 Å². The van der Waals surface area contributed by atoms with Gasteiger partial charge in [0.1, 0.15) is 0 Å². The third-order valence-electron chi connectivity index (χ3n) is 3.96. The Labute approximate surface area is 143 Å². The van der Waals surface area contributed by atoms with Crippen molar-refractivity contribution in [1.29, 1.82) is 0 Å². The topological polar surface area (TPSA) is 0 Å². The van der Waals surface area contributed by atoms with Gasteiger partial charge in [-0.1, -0.05) is 72.5 Å². The SMILES string of the molecule is Brc1ccc2ccccc2c1C#Cc1ccc2ccccc2c1. The van der Waals surface area contributed by atoms with Crippen LogP contribution in [-0.2, 0) is 0 Å². The first-order valence-corrected chi connectivity index (χ1v) is 8.29. The van der Waals surface area contributed by atoms with Gasteiger partial charge in [0.05, 0.1) is 0 Å². The molecule has 0 nitrogen and oxygen atoms in total. The van der Waals surface area contributed by atoms with Gasteiger partial charge in [-0.15, -0.1) is 0 Å². The van der Waals surface area contributed by atoms with Crippen molar-refractivity contribution in [2.45, 2.75) is 0 Å². The second-order valence-corrected chi connectivity index (χ2v) is 6.31. The molecule has 0 aromatic heterocycles. The maximum absolute atomic E-state index is 3.63. The molecule has 0 radical (unpaired) electrons. The monoisotopic (exact) mass is 356 g/mol. The molecule has 0 bridgehead atoms. The summed E-state index contributed by atoms with van der Waals surface area (Å²) in [5.41, 5.74) is 2.07. The molecule has 4 aromatic carbocycles. The summed E-state index contributed by atoms with van der Waals surface area (Å²) in [6, 6.07) is 27.2. The van der Waals surface area contributed by atoms with Gasteiger partial charge in [0.2, 0.25) is 0 Å². The lowest BCUT2D eigenvalue weighted by Gasteiger charge is -2.03. The Hall–Kier alpha value is -2.56. The summed E-state index contributed by atoms with van der Waals surface area (Å²) in [4.78, 5) is 0. The van der Waals surface area contributed by atoms with Gasteiger partial charge in [0.15, 0.2) is 0 Å². The summed E-state index contributed by atoms with van der Waals surface area (Å²) in [5.74, 6) is 6.65. The molecule has 108 valence electrons. The first-order chi connectivity index (χ1) is 11.3. The van der Waals surface area contributed by atoms with Crippen molar-refractivity contribution in [2.24, 2.45) is 0 Å². The molecule has 0 fully saturated rings. The maximum Gasteiger partial charge on any atom is 0.0469 e. The minimum Gasteiger partial charge on any atom is -0.0616 e. The number of hydrogen-bond donors (Lipinski definition) is 0. The lowest BCUT2D eigenvalue weighted by molar-refractivity contribution is 1.64. The van der Waals surface area contributed by atoms with Crippen molar-refractivity contribution in [2.75, 3.05) is 0 Å². The largest absolute Gasteiger partial charge is 0.0616 e. The smallest absolute Gasteiger partial charge is 0.0469 e. The summed E-state index contributed by atoms with van der Waals surface area (Å²) in [7, 11) is 0. The van der Waals surface area contributed by atoms with Crippen LogP contribution in [0.15, 0.2) is 83.3 Å². The highest BCUT2D eigenvalue weighted by Crippen LogP contribution is 2.25. The van der Waals surface area contributed by atoms with Crippen LogP contribution in [0.3, 0.4) is 0 Å². The average Bonchev–Trinajstić information content (AvgIpc) is 2.61. The van der Waals surface area contributed by atoms with E-state index in [0.717, 1.165) is 15.6 Å². The molecular weight excluding hydrogens is 344 g/mol. The fourth-order valence-corrected chi connectivity index (χ4v) is 3.22. The number of halogens is 1. The Bertz CT molecular complexity index is 1080. The Morgan fingerprint density at radius 3 is 2.17 bits per heavy atom. The van der Waals surface area contributed by atoms with Crippen LogP contribution in [0.1, 0.15) is 11.1 Å². The minimum atomic E-state index is 1.03. The van der Waals surface area contributed by atoms with E-state index in [1.165, 1.54) is 21.5 Å². The number of benzene rings is 4. The molecule has 0 unspecified atom stereocenters. The Balaban J connectivity index is 1.84. The predicted octanol–water partition coefficient (Wildman–Crippen LogP) is 6.16. The minimum absolute atomic E-state index is 1.03. The van der Waals surface area contributed by atoms with Crippen molar-refractivity contribution in [3.05, 3.63) is 94.5 Å². The Morgan fingerprint density at radius 1 is 0.609 bits per heavy atom. The first-order valence-electron chi connectivity index (χ1n) is 7.49. The summed E-state index contributed by atoms with van der Waals surface area (Å²) < 4.78 is 1.03. The third kappa shape index (κ3) is 2.74. The van der Waals surface area contributed by atoms with Crippen molar-refractivity contribution in [3.8, 4) is 11.8 Å². The van der Waals surface area contributed by atoms with Crippen LogP contribution in [0.2, 0.25) is 0 Å². The second-order valence-electron chi connectivity index (χ2n) is 5.46. The molecule has 23 heavy (non-hydrogen) atoms. The zero-order valence-corrected chi connectivity index (χ0v) is 14.0. The molecule has 4 rings (SSSR count). The fourth-order valence-electron chi connectivity index (χ4n) is 2.77. The second kappa shape index (κ2) is 5.91. The molecular formula is C22H13Br. The molecule has 0 atom stereocenters. The summed E-state index contributed by atoms with van der Waals surface area (Å²) in [5, 5.41) is 4.84. The van der Waals surface area contributed by atoms with Gasteiger partial charge in [-0.25, -0.2) is 0 Å². The van der Waals surface area contributed by atoms with Gasteiger partial charge in [0.25, 0.3) is 0 Å². The number of rotatable bonds is 0. The molecule has 0 saturated carbocycles. The van der Waals surface area contributed by atoms with Gasteiger partial charge in [0, 0.05) is 15.6 Å². The van der Waals surface area contributed by atoms with E-state index in [0.29, 0.717) is 0 Å². The lowest BCUT2D eigenvalue weighted by atomic mass is 10.0. The quantitative estimate of drug-likeness (QED) is 0.331. The molecule has 0 aliphatic carbocycles. The van der Waals surface area contributed by atoms with Gasteiger partial charge in [-0.3, -0.25) is 0 Å². The standard InChI is InChI=1S/C22H13Br/c23-22-14-12-18-6-3-4-8-20(18)21(22)13-10-16-9-11-17-5-1-2-7-19(17)15-16/h1-9,11-12,14-15H. The van der Waals surface area contributed by atoms with E-state index < -0.39 is 0 Å². The summed E-state index contributed by atoms with van der Waals surface area (Å²) in [6.45, 7) is 0. The van der Waals surface area contributed by atoms with Crippen molar-refractivity contribution < 1.29 is 0 Å². The van der Waals surface area contributed by atoms with Gasteiger partial charge in [-0.05, 0) is 55.7 Å². The third-order valence-corrected chi connectivity index (χ3v) is 4.62. The van der Waals surface area contributed by atoms with Crippen molar-refractivity contribution >= 4 is 37.5 Å². The normalized spacial score (nSPS) is 10.5. The van der Waals surface area contributed by atoms with Crippen LogP contribution >= 0.6 is 15.9 Å². The van der Waals surface area contributed by atoms with Crippen LogP contribution in [0.5, 0.6) is 0 Å². The van der Waals surface area contributed by atoms with E-state index in [2.05, 4.69) is 107 Å². The van der Waals surface area contributed by atoms with Crippen LogP contribution in [0.25, 0.3) is 21.5 Å². The van der Waals surface area contributed by atoms with E-state index in [1.807, 2.05) is 0 Å². The fraction of sp³-hybridized carbons (Fsp3) is 0. The molecule has 0 amide bonds. The summed E-state index contributed by atoms with van der Waals surface area (Å²) in [6.07, 6.45) is 0. The molecule has 1 heteroatoms. The van der Waals surface area contributed by atoms with Crippen LogP contribution in [-0.4, -0.2) is 0 Å². The molecule has 0 aliphatic heterocycles. The zero-order chi connectivity index (χ0) is 15.6. The molecule has 0 aliphatic rings. The highest BCUT2D eigenvalue weighted by atomic mass is 79.9. The Kier molecular flexibility index (Phi) is 3.61. The van der Waals surface area contributed by atoms with E-state index in [-0.39, 0.29) is 0 Å². The van der Waals surface area contributed by atoms with E-state index in [1.54, 1.807) is 0 Å². The lowest BCUT2D eigenvalue weighted by Crippen LogP contribution is -1.83. The van der Waals surface area contributed by atoms with Crippen LogP contribution in [0.4, 0.5) is 0 Å². The van der Waals surface area contributed by atoms with Gasteiger partial charge >= 0.3 is 0 Å².